The Kier molecular flexibility index (Phi) is 7.54. The molecule has 0 bridgehead atoms. The average Bonchev–Trinajstić information content (AvgIpc) is 2.45. The first-order valence-corrected chi connectivity index (χ1v) is 7.13. The Bertz CT molecular complexity index is 364. The van der Waals surface area contributed by atoms with Gasteiger partial charge < -0.3 is 10.6 Å². The molecule has 1 heterocycles. The highest BCUT2D eigenvalue weighted by atomic mass is 16.1. The second kappa shape index (κ2) is 9.30. The summed E-state index contributed by atoms with van der Waals surface area (Å²) >= 11 is 0. The summed E-state index contributed by atoms with van der Waals surface area (Å²) in [5, 5.41) is 13.9. The molecule has 0 fully saturated rings. The summed E-state index contributed by atoms with van der Waals surface area (Å²) in [4.78, 5) is 11.8. The quantitative estimate of drug-likeness (QED) is 0.673. The zero-order chi connectivity index (χ0) is 13.9. The molecule has 0 aliphatic rings. The van der Waals surface area contributed by atoms with Gasteiger partial charge >= 0.3 is 0 Å². The topological polar surface area (TPSA) is 66.9 Å². The highest BCUT2D eigenvalue weighted by Gasteiger charge is 2.06. The normalized spacial score (nSPS) is 10.2. The lowest BCUT2D eigenvalue weighted by atomic mass is 10.2. The highest BCUT2D eigenvalue weighted by Crippen LogP contribution is 2.02. The molecule has 0 saturated carbocycles. The SMILES string of the molecule is CCCCCCNC(=O)c1ccc(NCCC)nn1. The molecule has 106 valence electrons. The highest BCUT2D eigenvalue weighted by molar-refractivity contribution is 5.92. The van der Waals surface area contributed by atoms with Crippen molar-refractivity contribution in [3.63, 3.8) is 0 Å². The summed E-state index contributed by atoms with van der Waals surface area (Å²) in [6.07, 6.45) is 5.62. The molecule has 0 saturated heterocycles. The number of nitrogens with zero attached hydrogens (tertiary/aromatic N) is 2. The Labute approximate surface area is 115 Å². The molecule has 0 aromatic carbocycles. The maximum atomic E-state index is 11.8. The van der Waals surface area contributed by atoms with E-state index in [2.05, 4.69) is 34.7 Å². The van der Waals surface area contributed by atoms with E-state index < -0.39 is 0 Å². The fourth-order valence-corrected chi connectivity index (χ4v) is 1.64. The van der Waals surface area contributed by atoms with E-state index in [4.69, 9.17) is 0 Å². The predicted molar refractivity (Wildman–Crippen MR) is 77.3 cm³/mol. The van der Waals surface area contributed by atoms with Gasteiger partial charge in [0.2, 0.25) is 0 Å². The van der Waals surface area contributed by atoms with Crippen molar-refractivity contribution >= 4 is 11.7 Å². The van der Waals surface area contributed by atoms with Crippen LogP contribution in [0.3, 0.4) is 0 Å². The van der Waals surface area contributed by atoms with E-state index in [-0.39, 0.29) is 5.91 Å². The Hall–Kier alpha value is -1.65. The number of hydrogen-bond acceptors (Lipinski definition) is 4. The van der Waals surface area contributed by atoms with Crippen LogP contribution in [0.4, 0.5) is 5.82 Å². The number of anilines is 1. The van der Waals surface area contributed by atoms with Gasteiger partial charge in [-0.2, -0.15) is 0 Å². The van der Waals surface area contributed by atoms with Crippen molar-refractivity contribution in [2.45, 2.75) is 46.0 Å². The van der Waals surface area contributed by atoms with Crippen LogP contribution in [0.25, 0.3) is 0 Å². The number of amides is 1. The molecule has 1 aromatic rings. The minimum absolute atomic E-state index is 0.147. The molecule has 1 rings (SSSR count). The van der Waals surface area contributed by atoms with E-state index in [1.165, 1.54) is 12.8 Å². The van der Waals surface area contributed by atoms with Gasteiger partial charge in [-0.1, -0.05) is 33.1 Å². The third-order valence-corrected chi connectivity index (χ3v) is 2.77. The fraction of sp³-hybridized carbons (Fsp3) is 0.643. The van der Waals surface area contributed by atoms with Crippen molar-refractivity contribution in [3.8, 4) is 0 Å². The number of hydrogen-bond donors (Lipinski definition) is 2. The van der Waals surface area contributed by atoms with E-state index in [9.17, 15) is 4.79 Å². The molecule has 19 heavy (non-hydrogen) atoms. The number of aromatic nitrogens is 2. The van der Waals surface area contributed by atoms with E-state index in [1.54, 1.807) is 12.1 Å². The van der Waals surface area contributed by atoms with Crippen molar-refractivity contribution in [3.05, 3.63) is 17.8 Å². The van der Waals surface area contributed by atoms with Crippen LogP contribution in [0.1, 0.15) is 56.4 Å². The minimum Gasteiger partial charge on any atom is -0.369 e. The first kappa shape index (κ1) is 15.4. The fourth-order valence-electron chi connectivity index (χ4n) is 1.64. The molecule has 1 aromatic heterocycles. The van der Waals surface area contributed by atoms with E-state index in [0.717, 1.165) is 25.8 Å². The summed E-state index contributed by atoms with van der Waals surface area (Å²) in [6.45, 7) is 5.82. The van der Waals surface area contributed by atoms with Crippen molar-refractivity contribution in [2.24, 2.45) is 0 Å². The van der Waals surface area contributed by atoms with Crippen LogP contribution in [0, 0.1) is 0 Å². The molecule has 0 atom stereocenters. The number of carbonyl (C=O) groups is 1. The van der Waals surface area contributed by atoms with Crippen LogP contribution in [-0.4, -0.2) is 29.2 Å². The Balaban J connectivity index is 2.32. The van der Waals surface area contributed by atoms with Crippen molar-refractivity contribution < 1.29 is 4.79 Å². The lowest BCUT2D eigenvalue weighted by Gasteiger charge is -2.05. The first-order chi connectivity index (χ1) is 9.27. The van der Waals surface area contributed by atoms with Crippen LogP contribution in [0.15, 0.2) is 12.1 Å². The number of carbonyl (C=O) groups excluding carboxylic acids is 1. The summed E-state index contributed by atoms with van der Waals surface area (Å²) < 4.78 is 0. The largest absolute Gasteiger partial charge is 0.369 e. The molecule has 5 nitrogen and oxygen atoms in total. The van der Waals surface area contributed by atoms with E-state index in [1.807, 2.05) is 0 Å². The molecule has 5 heteroatoms. The van der Waals surface area contributed by atoms with Crippen LogP contribution < -0.4 is 10.6 Å². The lowest BCUT2D eigenvalue weighted by molar-refractivity contribution is 0.0947. The van der Waals surface area contributed by atoms with Crippen LogP contribution >= 0.6 is 0 Å². The average molecular weight is 264 g/mol. The second-order valence-electron chi connectivity index (χ2n) is 4.55. The second-order valence-corrected chi connectivity index (χ2v) is 4.55. The molecule has 0 aliphatic heterocycles. The molecule has 0 radical (unpaired) electrons. The third-order valence-electron chi connectivity index (χ3n) is 2.77. The minimum atomic E-state index is -0.147. The zero-order valence-electron chi connectivity index (χ0n) is 11.9. The van der Waals surface area contributed by atoms with Gasteiger partial charge in [0.25, 0.3) is 5.91 Å². The van der Waals surface area contributed by atoms with Crippen LogP contribution in [0.2, 0.25) is 0 Å². The van der Waals surface area contributed by atoms with E-state index >= 15 is 0 Å². The van der Waals surface area contributed by atoms with E-state index in [0.29, 0.717) is 18.1 Å². The third kappa shape index (κ3) is 6.18. The molecule has 1 amide bonds. The van der Waals surface area contributed by atoms with Crippen LogP contribution in [-0.2, 0) is 0 Å². The zero-order valence-corrected chi connectivity index (χ0v) is 11.9. The summed E-state index contributed by atoms with van der Waals surface area (Å²) in [6, 6.07) is 3.49. The van der Waals surface area contributed by atoms with Crippen molar-refractivity contribution in [1.29, 1.82) is 0 Å². The van der Waals surface area contributed by atoms with Gasteiger partial charge in [0, 0.05) is 13.1 Å². The van der Waals surface area contributed by atoms with Crippen molar-refractivity contribution in [1.82, 2.24) is 15.5 Å². The molecular weight excluding hydrogens is 240 g/mol. The number of unbranched alkanes of at least 4 members (excludes halogenated alkanes) is 3. The monoisotopic (exact) mass is 264 g/mol. The lowest BCUT2D eigenvalue weighted by Crippen LogP contribution is -2.25. The number of rotatable bonds is 9. The molecule has 0 spiro atoms. The molecule has 2 N–H and O–H groups in total. The predicted octanol–water partition coefficient (Wildman–Crippen LogP) is 2.61. The van der Waals surface area contributed by atoms with Gasteiger partial charge in [-0.15, -0.1) is 10.2 Å². The van der Waals surface area contributed by atoms with Crippen molar-refractivity contribution in [2.75, 3.05) is 18.4 Å². The Morgan fingerprint density at radius 3 is 2.53 bits per heavy atom. The van der Waals surface area contributed by atoms with Gasteiger partial charge in [0.15, 0.2) is 5.69 Å². The molecule has 0 unspecified atom stereocenters. The first-order valence-electron chi connectivity index (χ1n) is 7.13. The van der Waals surface area contributed by atoms with Gasteiger partial charge in [-0.3, -0.25) is 4.79 Å². The van der Waals surface area contributed by atoms with Crippen LogP contribution in [0.5, 0.6) is 0 Å². The number of nitrogens with one attached hydrogen (secondary N) is 2. The molecule has 0 aliphatic carbocycles. The maximum Gasteiger partial charge on any atom is 0.271 e. The van der Waals surface area contributed by atoms with Gasteiger partial charge in [0.1, 0.15) is 5.82 Å². The maximum absolute atomic E-state index is 11.8. The summed E-state index contributed by atoms with van der Waals surface area (Å²) in [5.41, 5.74) is 0.373. The van der Waals surface area contributed by atoms with Gasteiger partial charge in [-0.05, 0) is 25.0 Å². The summed E-state index contributed by atoms with van der Waals surface area (Å²) in [5.74, 6) is 0.562. The standard InChI is InChI=1S/C14H24N4O/c1-3-5-6-7-11-16-14(19)12-8-9-13(18-17-12)15-10-4-2/h8-9H,3-7,10-11H2,1-2H3,(H,15,18)(H,16,19). The smallest absolute Gasteiger partial charge is 0.271 e. The van der Waals surface area contributed by atoms with Gasteiger partial charge in [-0.25, -0.2) is 0 Å². The Morgan fingerprint density at radius 2 is 1.89 bits per heavy atom. The Morgan fingerprint density at radius 1 is 1.05 bits per heavy atom. The molecular formula is C14H24N4O. The summed E-state index contributed by atoms with van der Waals surface area (Å²) in [7, 11) is 0. The van der Waals surface area contributed by atoms with Gasteiger partial charge in [0.05, 0.1) is 0 Å².